The summed E-state index contributed by atoms with van der Waals surface area (Å²) in [6.07, 6.45) is 2.03. The van der Waals surface area contributed by atoms with Crippen LogP contribution < -0.4 is 4.90 Å². The Morgan fingerprint density at radius 3 is 1.97 bits per heavy atom. The van der Waals surface area contributed by atoms with E-state index in [0.717, 1.165) is 16.8 Å². The Bertz CT molecular complexity index is 1030. The average molecular weight is 391 g/mol. The van der Waals surface area contributed by atoms with E-state index in [1.54, 1.807) is 0 Å². The molecule has 3 fully saturated rings. The summed E-state index contributed by atoms with van der Waals surface area (Å²) in [5.74, 6) is -3.88. The number of benzene rings is 1. The molecule has 7 heteroatoms. The fourth-order valence-corrected chi connectivity index (χ4v) is 7.01. The van der Waals surface area contributed by atoms with Gasteiger partial charge in [-0.1, -0.05) is 24.3 Å². The number of fused-ring (bicyclic) bond motifs is 1. The van der Waals surface area contributed by atoms with Gasteiger partial charge in [-0.05, 0) is 18.6 Å². The smallest absolute Gasteiger partial charge is 0.235 e. The van der Waals surface area contributed by atoms with Crippen molar-refractivity contribution < 1.29 is 19.2 Å². The molecule has 0 N–H and O–H groups in total. The van der Waals surface area contributed by atoms with Crippen molar-refractivity contribution in [2.75, 3.05) is 25.5 Å². The van der Waals surface area contributed by atoms with E-state index in [1.165, 1.54) is 23.9 Å². The maximum atomic E-state index is 13.4. The molecular weight excluding hydrogens is 370 g/mol. The number of para-hydroxylation sites is 1. The van der Waals surface area contributed by atoms with Gasteiger partial charge in [0.15, 0.2) is 0 Å². The quantitative estimate of drug-likeness (QED) is 0.661. The number of likely N-dealkylation sites (tertiary alicyclic amines) is 2. The first-order valence-electron chi connectivity index (χ1n) is 10.1. The highest BCUT2D eigenvalue weighted by atomic mass is 16.2. The van der Waals surface area contributed by atoms with Crippen LogP contribution >= 0.6 is 0 Å². The Morgan fingerprint density at radius 2 is 1.41 bits per heavy atom. The third kappa shape index (κ3) is 1.50. The molecule has 0 aromatic heterocycles. The predicted octanol–water partition coefficient (Wildman–Crippen LogP) is 0.754. The summed E-state index contributed by atoms with van der Waals surface area (Å²) >= 11 is 0. The Balaban J connectivity index is 1.73. The highest BCUT2D eigenvalue weighted by molar-refractivity contribution is 6.16. The highest BCUT2D eigenvalue weighted by Gasteiger charge is 2.78. The molecule has 148 valence electrons. The fraction of sp³-hybridized carbons (Fsp3) is 0.455. The molecule has 6 aliphatic rings. The van der Waals surface area contributed by atoms with Crippen molar-refractivity contribution in [3.8, 4) is 0 Å². The first-order valence-corrected chi connectivity index (χ1v) is 10.1. The van der Waals surface area contributed by atoms with Crippen LogP contribution in [0.15, 0.2) is 30.3 Å². The van der Waals surface area contributed by atoms with E-state index in [4.69, 9.17) is 0 Å². The molecule has 3 heterocycles. The number of allylic oxidation sites excluding steroid dienone is 1. The molecule has 1 aromatic carbocycles. The van der Waals surface area contributed by atoms with Crippen LogP contribution in [0.2, 0.25) is 0 Å². The highest BCUT2D eigenvalue weighted by Crippen LogP contribution is 2.69. The van der Waals surface area contributed by atoms with Crippen LogP contribution in [-0.4, -0.2) is 59.6 Å². The third-order valence-corrected chi connectivity index (χ3v) is 7.96. The van der Waals surface area contributed by atoms with E-state index < -0.39 is 35.1 Å². The summed E-state index contributed by atoms with van der Waals surface area (Å²) in [5.41, 5.74) is 1.92. The Kier molecular flexibility index (Phi) is 2.90. The molecule has 6 atom stereocenters. The van der Waals surface area contributed by atoms with Gasteiger partial charge in [0.2, 0.25) is 23.6 Å². The average Bonchev–Trinajstić information content (AvgIpc) is 3.25. The molecule has 0 radical (unpaired) electrons. The van der Waals surface area contributed by atoms with Crippen molar-refractivity contribution in [3.05, 3.63) is 35.9 Å². The van der Waals surface area contributed by atoms with Gasteiger partial charge in [-0.15, -0.1) is 0 Å². The van der Waals surface area contributed by atoms with Crippen LogP contribution in [-0.2, 0) is 19.2 Å². The summed E-state index contributed by atoms with van der Waals surface area (Å²) in [6, 6.07) is 7.91. The number of likely N-dealkylation sites (N-methyl/N-ethyl adjacent to an activating group) is 1. The SMILES string of the molecule is CCN1c2ccccc2C2=CC3[C@H]4C(=O)N(C)C(=O)[C@H]4C21[C@H]1C(=O)N(C)C(=O)[C@@H]31. The number of rotatable bonds is 1. The monoisotopic (exact) mass is 391 g/mol. The second-order valence-corrected chi connectivity index (χ2v) is 8.72. The van der Waals surface area contributed by atoms with Gasteiger partial charge in [-0.2, -0.15) is 0 Å². The lowest BCUT2D eigenvalue weighted by molar-refractivity contribution is -0.138. The van der Waals surface area contributed by atoms with Gasteiger partial charge in [0.1, 0.15) is 0 Å². The topological polar surface area (TPSA) is 78.0 Å². The third-order valence-electron chi connectivity index (χ3n) is 7.96. The van der Waals surface area contributed by atoms with E-state index in [2.05, 4.69) is 4.90 Å². The van der Waals surface area contributed by atoms with E-state index in [-0.39, 0.29) is 23.6 Å². The van der Waals surface area contributed by atoms with E-state index in [1.807, 2.05) is 37.3 Å². The Hall–Kier alpha value is -2.96. The number of carbonyl (C=O) groups excluding carboxylic acids is 4. The van der Waals surface area contributed by atoms with Gasteiger partial charge >= 0.3 is 0 Å². The number of nitrogens with zero attached hydrogens (tertiary/aromatic N) is 3. The minimum atomic E-state index is -0.989. The molecule has 1 aromatic rings. The van der Waals surface area contributed by atoms with Gasteiger partial charge in [0, 0.05) is 37.8 Å². The van der Waals surface area contributed by atoms with E-state index in [9.17, 15) is 19.2 Å². The molecule has 29 heavy (non-hydrogen) atoms. The van der Waals surface area contributed by atoms with Crippen LogP contribution in [0.4, 0.5) is 5.69 Å². The summed E-state index contributed by atoms with van der Waals surface area (Å²) in [4.78, 5) is 57.5. The van der Waals surface area contributed by atoms with Crippen molar-refractivity contribution in [3.63, 3.8) is 0 Å². The number of imide groups is 2. The number of hydrogen-bond acceptors (Lipinski definition) is 5. The fourth-order valence-electron chi connectivity index (χ4n) is 7.01. The van der Waals surface area contributed by atoms with E-state index in [0.29, 0.717) is 6.54 Å². The molecule has 7 nitrogen and oxygen atoms in total. The van der Waals surface area contributed by atoms with Crippen molar-refractivity contribution in [2.45, 2.75) is 12.5 Å². The minimum Gasteiger partial charge on any atom is -0.360 e. The van der Waals surface area contributed by atoms with Gasteiger partial charge in [0.25, 0.3) is 0 Å². The molecule has 3 aliphatic heterocycles. The van der Waals surface area contributed by atoms with Gasteiger partial charge in [0.05, 0.1) is 29.2 Å². The Morgan fingerprint density at radius 1 is 0.862 bits per heavy atom. The molecule has 1 spiro atoms. The van der Waals surface area contributed by atoms with E-state index >= 15 is 0 Å². The molecular formula is C22H21N3O4. The molecule has 7 rings (SSSR count). The van der Waals surface area contributed by atoms with Crippen molar-refractivity contribution in [1.29, 1.82) is 0 Å². The normalized spacial score (nSPS) is 39.1. The van der Waals surface area contributed by atoms with Crippen molar-refractivity contribution in [2.24, 2.45) is 29.6 Å². The maximum absolute atomic E-state index is 13.4. The zero-order valence-corrected chi connectivity index (χ0v) is 16.5. The lowest BCUT2D eigenvalue weighted by Crippen LogP contribution is -2.69. The van der Waals surface area contributed by atoms with Gasteiger partial charge < -0.3 is 4.90 Å². The lowest BCUT2D eigenvalue weighted by atomic mass is 9.47. The minimum absolute atomic E-state index is 0.236. The summed E-state index contributed by atoms with van der Waals surface area (Å²) in [5, 5.41) is 0. The van der Waals surface area contributed by atoms with Crippen LogP contribution in [0.25, 0.3) is 5.57 Å². The van der Waals surface area contributed by atoms with Gasteiger partial charge in [-0.3, -0.25) is 29.0 Å². The second kappa shape index (κ2) is 4.96. The molecule has 1 saturated carbocycles. The standard InChI is InChI=1S/C22H21N3O4/c1-4-25-13-8-6-5-7-10(13)12-9-11-14-16(20(28)23(2)18(14)26)22(12,25)17-15(11)19(27)24(3)21(17)29/h5-9,11,14-17H,4H2,1-3H3/t11?,14-,15+,16+,17-,22?. The molecule has 2 saturated heterocycles. The second-order valence-electron chi connectivity index (χ2n) is 8.72. The van der Waals surface area contributed by atoms with Crippen LogP contribution in [0.5, 0.6) is 0 Å². The van der Waals surface area contributed by atoms with Crippen molar-refractivity contribution >= 4 is 34.9 Å². The summed E-state index contributed by atoms with van der Waals surface area (Å²) < 4.78 is 0. The zero-order valence-electron chi connectivity index (χ0n) is 16.5. The summed E-state index contributed by atoms with van der Waals surface area (Å²) in [7, 11) is 3.03. The molecule has 2 unspecified atom stereocenters. The number of anilines is 1. The largest absolute Gasteiger partial charge is 0.360 e. The van der Waals surface area contributed by atoms with Gasteiger partial charge in [-0.25, -0.2) is 0 Å². The molecule has 3 aliphatic carbocycles. The van der Waals surface area contributed by atoms with Crippen LogP contribution in [0, 0.1) is 29.6 Å². The predicted molar refractivity (Wildman–Crippen MR) is 103 cm³/mol. The zero-order chi connectivity index (χ0) is 20.4. The number of hydrogen-bond donors (Lipinski definition) is 0. The molecule has 4 amide bonds. The summed E-state index contributed by atoms with van der Waals surface area (Å²) in [6.45, 7) is 2.57. The number of amides is 4. The maximum Gasteiger partial charge on any atom is 0.235 e. The first-order chi connectivity index (χ1) is 13.9. The molecule has 2 bridgehead atoms. The lowest BCUT2D eigenvalue weighted by Gasteiger charge is -2.57. The van der Waals surface area contributed by atoms with Crippen LogP contribution in [0.3, 0.4) is 0 Å². The van der Waals surface area contributed by atoms with Crippen molar-refractivity contribution in [1.82, 2.24) is 9.80 Å². The van der Waals surface area contributed by atoms with Crippen LogP contribution in [0.1, 0.15) is 12.5 Å². The number of carbonyl (C=O) groups is 4. The Labute approximate surface area is 167 Å². The first kappa shape index (κ1) is 16.9.